The Bertz CT molecular complexity index is 1020. The van der Waals surface area contributed by atoms with Crippen molar-refractivity contribution in [2.24, 2.45) is 0 Å². The number of anilines is 1. The predicted octanol–water partition coefficient (Wildman–Crippen LogP) is 3.46. The van der Waals surface area contributed by atoms with Gasteiger partial charge < -0.3 is 5.32 Å². The largest absolute Gasteiger partial charge is 0.375 e. The van der Waals surface area contributed by atoms with Crippen LogP contribution in [0.25, 0.3) is 0 Å². The van der Waals surface area contributed by atoms with Crippen LogP contribution in [0.3, 0.4) is 0 Å². The number of piperidine rings is 1. The number of nitrogens with zero attached hydrogens (tertiary/aromatic N) is 3. The SMILES string of the molecule is O=[N+]([O-])c1cc(S(=O)(=O)N2CCCCC2)ccc1NC1CCN(Cc2ccccc2)C1. The van der Waals surface area contributed by atoms with Gasteiger partial charge in [0.1, 0.15) is 5.69 Å². The minimum absolute atomic E-state index is 0.0104. The van der Waals surface area contributed by atoms with Crippen LogP contribution >= 0.6 is 0 Å². The van der Waals surface area contributed by atoms with Crippen LogP contribution in [0.4, 0.5) is 11.4 Å². The molecule has 2 heterocycles. The van der Waals surface area contributed by atoms with E-state index >= 15 is 0 Å². The molecule has 0 aromatic heterocycles. The normalized spacial score (nSPS) is 20.6. The van der Waals surface area contributed by atoms with Gasteiger partial charge in [0.25, 0.3) is 5.69 Å². The molecule has 2 aliphatic heterocycles. The minimum atomic E-state index is -3.71. The predicted molar refractivity (Wildman–Crippen MR) is 119 cm³/mol. The highest BCUT2D eigenvalue weighted by atomic mass is 32.2. The summed E-state index contributed by atoms with van der Waals surface area (Å²) in [5, 5.41) is 15.0. The van der Waals surface area contributed by atoms with Crippen molar-refractivity contribution in [1.29, 1.82) is 0 Å². The summed E-state index contributed by atoms with van der Waals surface area (Å²) in [7, 11) is -3.71. The second-order valence-electron chi connectivity index (χ2n) is 8.25. The molecule has 31 heavy (non-hydrogen) atoms. The summed E-state index contributed by atoms with van der Waals surface area (Å²) in [6.07, 6.45) is 3.53. The van der Waals surface area contributed by atoms with Crippen LogP contribution < -0.4 is 5.32 Å². The van der Waals surface area contributed by atoms with Crippen LogP contribution in [0.15, 0.2) is 53.4 Å². The summed E-state index contributed by atoms with van der Waals surface area (Å²) in [6, 6.07) is 14.5. The number of sulfonamides is 1. The first-order chi connectivity index (χ1) is 14.9. The van der Waals surface area contributed by atoms with E-state index in [1.54, 1.807) is 0 Å². The summed E-state index contributed by atoms with van der Waals surface area (Å²) < 4.78 is 27.3. The lowest BCUT2D eigenvalue weighted by atomic mass is 10.2. The number of nitrogens with one attached hydrogen (secondary N) is 1. The van der Waals surface area contributed by atoms with E-state index in [0.29, 0.717) is 18.8 Å². The quantitative estimate of drug-likeness (QED) is 0.519. The number of nitro benzene ring substituents is 1. The molecule has 0 radical (unpaired) electrons. The van der Waals surface area contributed by atoms with Gasteiger partial charge in [-0.15, -0.1) is 0 Å². The maximum atomic E-state index is 12.9. The van der Waals surface area contributed by atoms with Crippen LogP contribution in [0.2, 0.25) is 0 Å². The highest BCUT2D eigenvalue weighted by Crippen LogP contribution is 2.31. The summed E-state index contributed by atoms with van der Waals surface area (Å²) in [5.41, 5.74) is 1.41. The average Bonchev–Trinajstić information content (AvgIpc) is 3.21. The van der Waals surface area contributed by atoms with Crippen molar-refractivity contribution in [3.63, 3.8) is 0 Å². The molecule has 1 N–H and O–H groups in total. The number of hydrogen-bond donors (Lipinski definition) is 1. The Hall–Kier alpha value is -2.49. The summed E-state index contributed by atoms with van der Waals surface area (Å²) >= 11 is 0. The fourth-order valence-corrected chi connectivity index (χ4v) is 5.89. The van der Waals surface area contributed by atoms with E-state index in [1.165, 1.54) is 28.1 Å². The average molecular weight is 445 g/mol. The smallest absolute Gasteiger partial charge is 0.293 e. The zero-order chi connectivity index (χ0) is 21.8. The van der Waals surface area contributed by atoms with E-state index in [0.717, 1.165) is 45.3 Å². The van der Waals surface area contributed by atoms with Crippen molar-refractivity contribution in [2.45, 2.75) is 43.2 Å². The van der Waals surface area contributed by atoms with Gasteiger partial charge in [0, 0.05) is 44.8 Å². The van der Waals surface area contributed by atoms with E-state index in [9.17, 15) is 18.5 Å². The molecular formula is C22H28N4O4S. The second kappa shape index (κ2) is 9.33. The lowest BCUT2D eigenvalue weighted by Crippen LogP contribution is -2.35. The van der Waals surface area contributed by atoms with Crippen LogP contribution in [-0.2, 0) is 16.6 Å². The molecule has 9 heteroatoms. The topological polar surface area (TPSA) is 95.8 Å². The molecule has 0 spiro atoms. The Balaban J connectivity index is 1.47. The van der Waals surface area contributed by atoms with Gasteiger partial charge in [-0.25, -0.2) is 8.42 Å². The first-order valence-corrected chi connectivity index (χ1v) is 12.2. The molecule has 0 bridgehead atoms. The van der Waals surface area contributed by atoms with Gasteiger partial charge in [-0.2, -0.15) is 4.31 Å². The monoisotopic (exact) mass is 444 g/mol. The zero-order valence-electron chi connectivity index (χ0n) is 17.4. The Morgan fingerprint density at radius 2 is 1.77 bits per heavy atom. The molecule has 0 aliphatic carbocycles. The van der Waals surface area contributed by atoms with E-state index in [1.807, 2.05) is 18.2 Å². The van der Waals surface area contributed by atoms with E-state index < -0.39 is 14.9 Å². The first kappa shape index (κ1) is 21.7. The molecule has 2 aromatic rings. The number of rotatable bonds is 7. The Morgan fingerprint density at radius 3 is 2.48 bits per heavy atom. The van der Waals surface area contributed by atoms with Gasteiger partial charge in [-0.1, -0.05) is 36.8 Å². The van der Waals surface area contributed by atoms with Gasteiger partial charge in [0.15, 0.2) is 0 Å². The molecule has 2 aromatic carbocycles. The van der Waals surface area contributed by atoms with Gasteiger partial charge in [-0.05, 0) is 37.0 Å². The van der Waals surface area contributed by atoms with Gasteiger partial charge in [-0.3, -0.25) is 15.0 Å². The molecule has 1 unspecified atom stereocenters. The molecule has 1 atom stereocenters. The van der Waals surface area contributed by atoms with Crippen LogP contribution in [-0.4, -0.2) is 54.8 Å². The molecule has 0 saturated carbocycles. The zero-order valence-corrected chi connectivity index (χ0v) is 18.3. The fraction of sp³-hybridized carbons (Fsp3) is 0.455. The molecule has 2 fully saturated rings. The van der Waals surface area contributed by atoms with E-state index in [-0.39, 0.29) is 16.6 Å². The Labute approximate surface area is 183 Å². The molecule has 0 amide bonds. The molecule has 4 rings (SSSR count). The molecule has 2 saturated heterocycles. The number of nitro groups is 1. The highest BCUT2D eigenvalue weighted by molar-refractivity contribution is 7.89. The maximum absolute atomic E-state index is 12.9. The van der Waals surface area contributed by atoms with Gasteiger partial charge in [0.05, 0.1) is 9.82 Å². The van der Waals surface area contributed by atoms with Crippen molar-refractivity contribution >= 4 is 21.4 Å². The standard InChI is InChI=1S/C22H28N4O4S/c27-26(28)22-15-20(31(29,30)25-12-5-2-6-13-25)9-10-21(22)23-19-11-14-24(17-19)16-18-7-3-1-4-8-18/h1,3-4,7-10,15,19,23H,2,5-6,11-14,16-17H2. The lowest BCUT2D eigenvalue weighted by Gasteiger charge is -2.26. The molecule has 2 aliphatic rings. The van der Waals surface area contributed by atoms with Gasteiger partial charge in [0.2, 0.25) is 10.0 Å². The fourth-order valence-electron chi connectivity index (χ4n) is 4.35. The molecule has 8 nitrogen and oxygen atoms in total. The number of benzene rings is 2. The Kier molecular flexibility index (Phi) is 6.54. The maximum Gasteiger partial charge on any atom is 0.293 e. The van der Waals surface area contributed by atoms with Crippen molar-refractivity contribution in [2.75, 3.05) is 31.5 Å². The van der Waals surface area contributed by atoms with Crippen LogP contribution in [0.5, 0.6) is 0 Å². The third-order valence-electron chi connectivity index (χ3n) is 6.00. The number of hydrogen-bond acceptors (Lipinski definition) is 6. The second-order valence-corrected chi connectivity index (χ2v) is 10.2. The highest BCUT2D eigenvalue weighted by Gasteiger charge is 2.30. The van der Waals surface area contributed by atoms with Crippen LogP contribution in [0, 0.1) is 10.1 Å². The lowest BCUT2D eigenvalue weighted by molar-refractivity contribution is -0.384. The Morgan fingerprint density at radius 1 is 1.03 bits per heavy atom. The summed E-state index contributed by atoms with van der Waals surface area (Å²) in [5.74, 6) is 0. The van der Waals surface area contributed by atoms with E-state index in [4.69, 9.17) is 0 Å². The summed E-state index contributed by atoms with van der Waals surface area (Å²) in [4.78, 5) is 13.5. The summed E-state index contributed by atoms with van der Waals surface area (Å²) in [6.45, 7) is 3.46. The minimum Gasteiger partial charge on any atom is -0.375 e. The van der Waals surface area contributed by atoms with Crippen molar-refractivity contribution in [3.8, 4) is 0 Å². The van der Waals surface area contributed by atoms with Gasteiger partial charge >= 0.3 is 0 Å². The third-order valence-corrected chi connectivity index (χ3v) is 7.89. The van der Waals surface area contributed by atoms with Crippen molar-refractivity contribution in [1.82, 2.24) is 9.21 Å². The van der Waals surface area contributed by atoms with Crippen molar-refractivity contribution in [3.05, 3.63) is 64.2 Å². The molecular weight excluding hydrogens is 416 g/mol. The van der Waals surface area contributed by atoms with Crippen LogP contribution in [0.1, 0.15) is 31.2 Å². The third kappa shape index (κ3) is 5.06. The molecule has 166 valence electrons. The number of likely N-dealkylation sites (tertiary alicyclic amines) is 1. The first-order valence-electron chi connectivity index (χ1n) is 10.7. The van der Waals surface area contributed by atoms with Crippen molar-refractivity contribution < 1.29 is 13.3 Å². The van der Waals surface area contributed by atoms with E-state index in [2.05, 4.69) is 22.3 Å².